The van der Waals surface area contributed by atoms with Gasteiger partial charge in [0.15, 0.2) is 5.67 Å². The Balaban J connectivity index is 2.37. The summed E-state index contributed by atoms with van der Waals surface area (Å²) in [6, 6.07) is 5.93. The largest absolute Gasteiger partial charge is 0.314 e. The normalized spacial score (nSPS) is 19.8. The summed E-state index contributed by atoms with van der Waals surface area (Å²) in [5, 5.41) is 3.04. The zero-order valence-electron chi connectivity index (χ0n) is 10.7. The van der Waals surface area contributed by atoms with E-state index in [0.29, 0.717) is 6.42 Å². The minimum Gasteiger partial charge on any atom is -0.314 e. The number of alkyl halides is 1. The molecule has 0 bridgehead atoms. The van der Waals surface area contributed by atoms with Gasteiger partial charge in [0.2, 0.25) is 0 Å². The molecule has 0 amide bonds. The van der Waals surface area contributed by atoms with E-state index in [1.165, 1.54) is 10.5 Å². The minimum absolute atomic E-state index is 0.167. The van der Waals surface area contributed by atoms with Gasteiger partial charge >= 0.3 is 0 Å². The fourth-order valence-corrected chi connectivity index (χ4v) is 3.49. The molecule has 1 nitrogen and oxygen atoms in total. The van der Waals surface area contributed by atoms with Crippen molar-refractivity contribution in [2.75, 3.05) is 12.8 Å². The van der Waals surface area contributed by atoms with Crippen LogP contribution in [0.3, 0.4) is 0 Å². The summed E-state index contributed by atoms with van der Waals surface area (Å²) in [5.41, 5.74) is 0.867. The summed E-state index contributed by atoms with van der Waals surface area (Å²) >= 11 is 1.87. The van der Waals surface area contributed by atoms with E-state index in [-0.39, 0.29) is 6.04 Å². The lowest BCUT2D eigenvalue weighted by atomic mass is 9.85. The summed E-state index contributed by atoms with van der Waals surface area (Å²) in [6.07, 6.45) is 1.57. The molecule has 0 aliphatic carbocycles. The SMILES string of the molecule is CCC(F)(c1ccc2c(c1)CCS2)C(C)NC. The molecule has 1 aliphatic rings. The molecule has 3 heteroatoms. The van der Waals surface area contributed by atoms with Crippen molar-refractivity contribution in [1.29, 1.82) is 0 Å². The lowest BCUT2D eigenvalue weighted by Crippen LogP contribution is -2.41. The van der Waals surface area contributed by atoms with Crippen LogP contribution < -0.4 is 5.32 Å². The van der Waals surface area contributed by atoms with Crippen molar-refractivity contribution in [2.24, 2.45) is 0 Å². The van der Waals surface area contributed by atoms with Gasteiger partial charge in [-0.15, -0.1) is 11.8 Å². The predicted molar refractivity (Wildman–Crippen MR) is 72.5 cm³/mol. The molecule has 0 radical (unpaired) electrons. The van der Waals surface area contributed by atoms with Gasteiger partial charge in [-0.05, 0) is 44.0 Å². The number of thioether (sulfide) groups is 1. The van der Waals surface area contributed by atoms with Crippen LogP contribution in [0.4, 0.5) is 4.39 Å². The molecule has 1 aliphatic heterocycles. The van der Waals surface area contributed by atoms with Crippen LogP contribution in [0.25, 0.3) is 0 Å². The molecule has 0 saturated carbocycles. The van der Waals surface area contributed by atoms with E-state index in [4.69, 9.17) is 0 Å². The average Bonchev–Trinajstić information content (AvgIpc) is 2.83. The van der Waals surface area contributed by atoms with Crippen LogP contribution in [0.2, 0.25) is 0 Å². The topological polar surface area (TPSA) is 12.0 Å². The van der Waals surface area contributed by atoms with Gasteiger partial charge in [0.05, 0.1) is 0 Å². The van der Waals surface area contributed by atoms with Gasteiger partial charge in [0.25, 0.3) is 0 Å². The van der Waals surface area contributed by atoms with Crippen LogP contribution in [0, 0.1) is 0 Å². The molecular formula is C14H20FNS. The van der Waals surface area contributed by atoms with Crippen LogP contribution in [-0.2, 0) is 12.1 Å². The van der Waals surface area contributed by atoms with E-state index < -0.39 is 5.67 Å². The third-order valence-electron chi connectivity index (χ3n) is 3.80. The summed E-state index contributed by atoms with van der Waals surface area (Å²) in [4.78, 5) is 1.32. The third kappa shape index (κ3) is 2.23. The Hall–Kier alpha value is -0.540. The van der Waals surface area contributed by atoms with E-state index in [1.54, 1.807) is 0 Å². The Morgan fingerprint density at radius 1 is 1.53 bits per heavy atom. The fourth-order valence-electron chi connectivity index (χ4n) is 2.43. The summed E-state index contributed by atoms with van der Waals surface area (Å²) in [7, 11) is 1.82. The number of likely N-dealkylation sites (N-methyl/N-ethyl adjacent to an activating group) is 1. The molecule has 0 fully saturated rings. The van der Waals surface area contributed by atoms with Gasteiger partial charge in [0, 0.05) is 16.7 Å². The molecule has 0 spiro atoms. The highest BCUT2D eigenvalue weighted by Gasteiger charge is 2.36. The maximum absolute atomic E-state index is 15.0. The van der Waals surface area contributed by atoms with Crippen LogP contribution in [0.1, 0.15) is 31.4 Å². The smallest absolute Gasteiger partial charge is 0.150 e. The number of hydrogen-bond acceptors (Lipinski definition) is 2. The fraction of sp³-hybridized carbons (Fsp3) is 0.571. The van der Waals surface area contributed by atoms with Crippen molar-refractivity contribution >= 4 is 11.8 Å². The molecule has 2 unspecified atom stereocenters. The Labute approximate surface area is 107 Å². The third-order valence-corrected chi connectivity index (χ3v) is 4.92. The van der Waals surface area contributed by atoms with Crippen molar-refractivity contribution in [3.63, 3.8) is 0 Å². The molecule has 17 heavy (non-hydrogen) atoms. The second-order valence-electron chi connectivity index (χ2n) is 4.65. The summed E-state index contributed by atoms with van der Waals surface area (Å²) in [5.74, 6) is 1.13. The van der Waals surface area contributed by atoms with Crippen molar-refractivity contribution in [3.8, 4) is 0 Å². The molecule has 94 valence electrons. The predicted octanol–water partition coefficient (Wildman–Crippen LogP) is 3.52. The van der Waals surface area contributed by atoms with Crippen molar-refractivity contribution in [1.82, 2.24) is 5.32 Å². The van der Waals surface area contributed by atoms with Crippen molar-refractivity contribution < 1.29 is 4.39 Å². The highest BCUT2D eigenvalue weighted by Crippen LogP contribution is 2.38. The number of halogens is 1. The standard InChI is InChI=1S/C14H20FNS/c1-4-14(15,10(2)16-3)12-5-6-13-11(9-12)7-8-17-13/h5-6,9-10,16H,4,7-8H2,1-3H3. The monoisotopic (exact) mass is 253 g/mol. The first-order valence-corrected chi connectivity index (χ1v) is 7.22. The Bertz CT molecular complexity index is 407. The van der Waals surface area contributed by atoms with Gasteiger partial charge in [-0.3, -0.25) is 0 Å². The van der Waals surface area contributed by atoms with Crippen molar-refractivity contribution in [3.05, 3.63) is 29.3 Å². The maximum Gasteiger partial charge on any atom is 0.150 e. The number of hydrogen-bond donors (Lipinski definition) is 1. The second kappa shape index (κ2) is 4.99. The number of nitrogens with one attached hydrogen (secondary N) is 1. The molecule has 2 atom stereocenters. The van der Waals surface area contributed by atoms with E-state index in [0.717, 1.165) is 17.7 Å². The first-order valence-electron chi connectivity index (χ1n) is 6.24. The number of aryl methyl sites for hydroxylation is 1. The minimum atomic E-state index is -1.27. The van der Waals surface area contributed by atoms with Gasteiger partial charge < -0.3 is 5.32 Å². The first-order chi connectivity index (χ1) is 8.11. The van der Waals surface area contributed by atoms with E-state index in [9.17, 15) is 0 Å². The van der Waals surface area contributed by atoms with Crippen LogP contribution in [0.5, 0.6) is 0 Å². The number of fused-ring (bicyclic) bond motifs is 1. The average molecular weight is 253 g/mol. The van der Waals surface area contributed by atoms with Gasteiger partial charge in [0.1, 0.15) is 0 Å². The molecular weight excluding hydrogens is 233 g/mol. The molecule has 1 N–H and O–H groups in total. The molecule has 1 aromatic rings. The molecule has 1 heterocycles. The molecule has 1 aromatic carbocycles. The van der Waals surface area contributed by atoms with Gasteiger partial charge in [-0.25, -0.2) is 4.39 Å². The van der Waals surface area contributed by atoms with Crippen LogP contribution in [-0.4, -0.2) is 18.8 Å². The molecule has 0 saturated heterocycles. The highest BCUT2D eigenvalue weighted by atomic mass is 32.2. The molecule has 0 aromatic heterocycles. The van der Waals surface area contributed by atoms with Crippen LogP contribution in [0.15, 0.2) is 23.1 Å². The van der Waals surface area contributed by atoms with E-state index >= 15 is 4.39 Å². The second-order valence-corrected chi connectivity index (χ2v) is 5.78. The summed E-state index contributed by atoms with van der Waals surface area (Å²) < 4.78 is 15.0. The van der Waals surface area contributed by atoms with Crippen molar-refractivity contribution in [2.45, 2.75) is 43.3 Å². The zero-order valence-corrected chi connectivity index (χ0v) is 11.5. The Kier molecular flexibility index (Phi) is 3.79. The van der Waals surface area contributed by atoms with Gasteiger partial charge in [-0.1, -0.05) is 19.1 Å². The quantitative estimate of drug-likeness (QED) is 0.881. The van der Waals surface area contributed by atoms with Crippen LogP contribution >= 0.6 is 11.8 Å². The lowest BCUT2D eigenvalue weighted by molar-refractivity contribution is 0.110. The van der Waals surface area contributed by atoms with E-state index in [2.05, 4.69) is 17.4 Å². The van der Waals surface area contributed by atoms with Gasteiger partial charge in [-0.2, -0.15) is 0 Å². The Morgan fingerprint density at radius 2 is 2.29 bits per heavy atom. The molecule has 2 rings (SSSR count). The maximum atomic E-state index is 15.0. The lowest BCUT2D eigenvalue weighted by Gasteiger charge is -2.31. The first kappa shape index (κ1) is 12.9. The summed E-state index contributed by atoms with van der Waals surface area (Å²) in [6.45, 7) is 3.82. The number of rotatable bonds is 4. The zero-order chi connectivity index (χ0) is 12.5. The highest BCUT2D eigenvalue weighted by molar-refractivity contribution is 7.99. The Morgan fingerprint density at radius 3 is 2.94 bits per heavy atom. The number of benzene rings is 1. The van der Waals surface area contributed by atoms with E-state index in [1.807, 2.05) is 38.7 Å².